The van der Waals surface area contributed by atoms with E-state index in [1.165, 1.54) is 0 Å². The molecular formula is C20H22N2O3. The first-order valence-electron chi connectivity index (χ1n) is 8.14. The van der Waals surface area contributed by atoms with Crippen molar-refractivity contribution in [2.24, 2.45) is 0 Å². The van der Waals surface area contributed by atoms with Crippen LogP contribution in [0.2, 0.25) is 0 Å². The van der Waals surface area contributed by atoms with E-state index in [2.05, 4.69) is 11.4 Å². The van der Waals surface area contributed by atoms with Crippen molar-refractivity contribution in [1.82, 2.24) is 5.32 Å². The number of methoxy groups -OCH3 is 1. The molecule has 0 radical (unpaired) electrons. The van der Waals surface area contributed by atoms with Gasteiger partial charge in [-0.3, -0.25) is 4.79 Å². The van der Waals surface area contributed by atoms with E-state index in [1.807, 2.05) is 12.1 Å². The fourth-order valence-electron chi connectivity index (χ4n) is 2.50. The largest absolute Gasteiger partial charge is 0.497 e. The summed E-state index contributed by atoms with van der Waals surface area (Å²) in [6, 6.07) is 16.0. The van der Waals surface area contributed by atoms with Gasteiger partial charge in [-0.25, -0.2) is 0 Å². The number of benzene rings is 2. The van der Waals surface area contributed by atoms with Crippen LogP contribution < -0.4 is 10.1 Å². The Bertz CT molecular complexity index is 733. The van der Waals surface area contributed by atoms with E-state index in [0.717, 1.165) is 16.9 Å². The maximum atomic E-state index is 12.1. The third-order valence-electron chi connectivity index (χ3n) is 4.04. The van der Waals surface area contributed by atoms with Gasteiger partial charge in [0.1, 0.15) is 5.75 Å². The normalized spacial score (nSPS) is 12.7. The zero-order valence-corrected chi connectivity index (χ0v) is 14.4. The van der Waals surface area contributed by atoms with Crippen molar-refractivity contribution in [3.8, 4) is 11.8 Å². The number of hydrogen-bond donors (Lipinski definition) is 2. The van der Waals surface area contributed by atoms with Crippen LogP contribution in [0.4, 0.5) is 0 Å². The molecule has 0 aliphatic rings. The third-order valence-corrected chi connectivity index (χ3v) is 4.04. The van der Waals surface area contributed by atoms with Gasteiger partial charge in [0.2, 0.25) is 5.91 Å². The number of nitrogens with one attached hydrogen (secondary N) is 1. The lowest BCUT2D eigenvalue weighted by Crippen LogP contribution is -2.37. The molecule has 2 atom stereocenters. The average Bonchev–Trinajstić information content (AvgIpc) is 2.66. The van der Waals surface area contributed by atoms with Crippen LogP contribution in [0, 0.1) is 11.3 Å². The van der Waals surface area contributed by atoms with Gasteiger partial charge in [0.05, 0.1) is 30.9 Å². The first-order chi connectivity index (χ1) is 12.0. The molecule has 0 saturated carbocycles. The molecule has 0 fully saturated rings. The van der Waals surface area contributed by atoms with E-state index < -0.39 is 12.1 Å². The van der Waals surface area contributed by atoms with Crippen LogP contribution in [0.3, 0.4) is 0 Å². The summed E-state index contributed by atoms with van der Waals surface area (Å²) < 4.78 is 5.09. The molecule has 0 aliphatic heterocycles. The minimum atomic E-state index is -0.787. The Kier molecular flexibility index (Phi) is 6.55. The number of hydrogen-bond acceptors (Lipinski definition) is 4. The Balaban J connectivity index is 1.84. The summed E-state index contributed by atoms with van der Waals surface area (Å²) in [5.74, 6) is 0.597. The number of ether oxygens (including phenoxy) is 1. The van der Waals surface area contributed by atoms with Crippen LogP contribution in [0.25, 0.3) is 0 Å². The highest BCUT2D eigenvalue weighted by Gasteiger charge is 2.18. The Labute approximate surface area is 147 Å². The molecule has 130 valence electrons. The number of amides is 1. The summed E-state index contributed by atoms with van der Waals surface area (Å²) in [4.78, 5) is 12.1. The van der Waals surface area contributed by atoms with Gasteiger partial charge < -0.3 is 15.2 Å². The summed E-state index contributed by atoms with van der Waals surface area (Å²) in [7, 11) is 1.59. The molecule has 25 heavy (non-hydrogen) atoms. The zero-order chi connectivity index (χ0) is 18.2. The van der Waals surface area contributed by atoms with Gasteiger partial charge in [0, 0.05) is 6.42 Å². The first kappa shape index (κ1) is 18.5. The lowest BCUT2D eigenvalue weighted by atomic mass is 10.0. The van der Waals surface area contributed by atoms with Gasteiger partial charge in [0.15, 0.2) is 0 Å². The third kappa shape index (κ3) is 5.33. The summed E-state index contributed by atoms with van der Waals surface area (Å²) >= 11 is 0. The predicted octanol–water partition coefficient (Wildman–Crippen LogP) is 2.74. The molecule has 5 nitrogen and oxygen atoms in total. The molecule has 2 unspecified atom stereocenters. The molecule has 2 N–H and O–H groups in total. The summed E-state index contributed by atoms with van der Waals surface area (Å²) in [6.07, 6.45) is 0.124. The predicted molar refractivity (Wildman–Crippen MR) is 95.0 cm³/mol. The number of nitriles is 1. The van der Waals surface area contributed by atoms with Crippen LogP contribution in [0.5, 0.6) is 5.75 Å². The molecule has 1 amide bonds. The first-order valence-corrected chi connectivity index (χ1v) is 8.14. The highest BCUT2D eigenvalue weighted by atomic mass is 16.5. The number of aliphatic hydroxyl groups is 1. The van der Waals surface area contributed by atoms with Crippen molar-refractivity contribution < 1.29 is 14.6 Å². The zero-order valence-electron chi connectivity index (χ0n) is 14.4. The molecule has 0 aliphatic carbocycles. The average molecular weight is 338 g/mol. The van der Waals surface area contributed by atoms with Gasteiger partial charge >= 0.3 is 0 Å². The Morgan fingerprint density at radius 3 is 2.40 bits per heavy atom. The summed E-state index contributed by atoms with van der Waals surface area (Å²) in [5, 5.41) is 22.0. The highest BCUT2D eigenvalue weighted by Crippen LogP contribution is 2.20. The van der Waals surface area contributed by atoms with E-state index in [0.29, 0.717) is 18.4 Å². The topological polar surface area (TPSA) is 82.3 Å². The molecule has 0 aromatic heterocycles. The van der Waals surface area contributed by atoms with Crippen molar-refractivity contribution in [3.05, 3.63) is 65.2 Å². The number of aryl methyl sites for hydroxylation is 1. The maximum Gasteiger partial charge on any atom is 0.220 e. The van der Waals surface area contributed by atoms with E-state index in [1.54, 1.807) is 50.4 Å². The number of carbonyl (C=O) groups excluding carboxylic acids is 1. The minimum absolute atomic E-state index is 0.121. The summed E-state index contributed by atoms with van der Waals surface area (Å²) in [5.41, 5.74) is 2.32. The fourth-order valence-corrected chi connectivity index (χ4v) is 2.50. The van der Waals surface area contributed by atoms with Gasteiger partial charge in [-0.2, -0.15) is 5.26 Å². The Morgan fingerprint density at radius 2 is 1.84 bits per heavy atom. The monoisotopic (exact) mass is 338 g/mol. The Hall–Kier alpha value is -2.84. The molecule has 2 rings (SSSR count). The molecule has 0 bridgehead atoms. The summed E-state index contributed by atoms with van der Waals surface area (Å²) in [6.45, 7) is 1.77. The lowest BCUT2D eigenvalue weighted by Gasteiger charge is -2.21. The standard InChI is InChI=1S/C20H22N2O3/c1-14(20(24)17-8-10-18(25-2)11-9-17)22-19(23)12-7-15-3-5-16(13-21)6-4-15/h3-6,8-11,14,20,24H,7,12H2,1-2H3,(H,22,23). The SMILES string of the molecule is COc1ccc(C(O)C(C)NC(=O)CCc2ccc(C#N)cc2)cc1. The van der Waals surface area contributed by atoms with Crippen LogP contribution in [-0.2, 0) is 11.2 Å². The van der Waals surface area contributed by atoms with Crippen LogP contribution in [-0.4, -0.2) is 24.2 Å². The lowest BCUT2D eigenvalue weighted by molar-refractivity contribution is -0.122. The molecular weight excluding hydrogens is 316 g/mol. The van der Waals surface area contributed by atoms with Crippen LogP contribution >= 0.6 is 0 Å². The van der Waals surface area contributed by atoms with Gasteiger partial charge in [-0.1, -0.05) is 24.3 Å². The van der Waals surface area contributed by atoms with E-state index in [9.17, 15) is 9.90 Å². The van der Waals surface area contributed by atoms with Crippen molar-refractivity contribution >= 4 is 5.91 Å². The molecule has 0 saturated heterocycles. The molecule has 2 aromatic rings. The molecule has 0 heterocycles. The smallest absolute Gasteiger partial charge is 0.220 e. The Morgan fingerprint density at radius 1 is 1.20 bits per heavy atom. The maximum absolute atomic E-state index is 12.1. The van der Waals surface area contributed by atoms with Crippen molar-refractivity contribution in [1.29, 1.82) is 5.26 Å². The van der Waals surface area contributed by atoms with Crippen molar-refractivity contribution in [2.45, 2.75) is 31.9 Å². The van der Waals surface area contributed by atoms with Gasteiger partial charge in [0.25, 0.3) is 0 Å². The van der Waals surface area contributed by atoms with Crippen molar-refractivity contribution in [2.75, 3.05) is 7.11 Å². The highest BCUT2D eigenvalue weighted by molar-refractivity contribution is 5.76. The second-order valence-electron chi connectivity index (χ2n) is 5.88. The fraction of sp³-hybridized carbons (Fsp3) is 0.300. The van der Waals surface area contributed by atoms with Gasteiger partial charge in [-0.15, -0.1) is 0 Å². The second kappa shape index (κ2) is 8.86. The number of rotatable bonds is 7. The van der Waals surface area contributed by atoms with Gasteiger partial charge in [-0.05, 0) is 48.7 Å². The molecule has 0 spiro atoms. The number of aliphatic hydroxyl groups excluding tert-OH is 1. The number of nitrogens with zero attached hydrogens (tertiary/aromatic N) is 1. The van der Waals surface area contributed by atoms with E-state index >= 15 is 0 Å². The van der Waals surface area contributed by atoms with E-state index in [-0.39, 0.29) is 5.91 Å². The quantitative estimate of drug-likeness (QED) is 0.813. The molecule has 2 aromatic carbocycles. The van der Waals surface area contributed by atoms with E-state index in [4.69, 9.17) is 10.00 Å². The molecule has 5 heteroatoms. The van der Waals surface area contributed by atoms with Crippen LogP contribution in [0.15, 0.2) is 48.5 Å². The minimum Gasteiger partial charge on any atom is -0.497 e. The second-order valence-corrected chi connectivity index (χ2v) is 5.88. The number of carbonyl (C=O) groups is 1. The van der Waals surface area contributed by atoms with Crippen molar-refractivity contribution in [3.63, 3.8) is 0 Å². The van der Waals surface area contributed by atoms with Crippen LogP contribution in [0.1, 0.15) is 36.1 Å².